The molecular formula is C17H24O. The normalized spacial score (nSPS) is 49.1. The SMILES string of the molecule is C=CC[C@@]1(C)C(=O)[C@H]2C3C=CC(C3)[C@H]2[C@@H]1C(C)C. The summed E-state index contributed by atoms with van der Waals surface area (Å²) in [5, 5.41) is 0. The van der Waals surface area contributed by atoms with Crippen LogP contribution >= 0.6 is 0 Å². The van der Waals surface area contributed by atoms with Crippen LogP contribution in [0.15, 0.2) is 24.8 Å². The zero-order valence-corrected chi connectivity index (χ0v) is 11.7. The van der Waals surface area contributed by atoms with Crippen molar-refractivity contribution in [3.8, 4) is 0 Å². The topological polar surface area (TPSA) is 17.1 Å². The van der Waals surface area contributed by atoms with Crippen molar-refractivity contribution in [2.45, 2.75) is 33.6 Å². The average molecular weight is 244 g/mol. The van der Waals surface area contributed by atoms with Crippen LogP contribution in [0.4, 0.5) is 0 Å². The van der Waals surface area contributed by atoms with Crippen LogP contribution in [0, 0.1) is 40.9 Å². The molecule has 0 N–H and O–H groups in total. The lowest BCUT2D eigenvalue weighted by Gasteiger charge is -2.36. The number of hydrogen-bond donors (Lipinski definition) is 0. The number of carbonyl (C=O) groups excluding carboxylic acids is 1. The van der Waals surface area contributed by atoms with E-state index >= 15 is 0 Å². The van der Waals surface area contributed by atoms with Crippen molar-refractivity contribution in [2.24, 2.45) is 40.9 Å². The Bertz CT molecular complexity index is 419. The van der Waals surface area contributed by atoms with Crippen LogP contribution in [0.5, 0.6) is 0 Å². The van der Waals surface area contributed by atoms with E-state index < -0.39 is 0 Å². The fourth-order valence-electron chi connectivity index (χ4n) is 5.41. The number of hydrogen-bond acceptors (Lipinski definition) is 1. The molecule has 0 amide bonds. The Kier molecular flexibility index (Phi) is 2.59. The highest BCUT2D eigenvalue weighted by molar-refractivity contribution is 5.91. The fourth-order valence-corrected chi connectivity index (χ4v) is 5.41. The number of allylic oxidation sites excluding steroid dienone is 3. The van der Waals surface area contributed by atoms with Gasteiger partial charge in [-0.15, -0.1) is 6.58 Å². The third kappa shape index (κ3) is 1.31. The zero-order chi connectivity index (χ0) is 13.1. The summed E-state index contributed by atoms with van der Waals surface area (Å²) >= 11 is 0. The van der Waals surface area contributed by atoms with Crippen molar-refractivity contribution in [3.05, 3.63) is 24.8 Å². The Morgan fingerprint density at radius 1 is 1.44 bits per heavy atom. The first-order chi connectivity index (χ1) is 8.50. The number of Topliss-reactive ketones (excluding diaryl/α,β-unsaturated/α-hetero) is 1. The molecule has 3 rings (SSSR count). The molecule has 2 saturated carbocycles. The molecule has 0 aromatic heterocycles. The quantitative estimate of drug-likeness (QED) is 0.689. The highest BCUT2D eigenvalue weighted by atomic mass is 16.1. The lowest BCUT2D eigenvalue weighted by molar-refractivity contribution is -0.130. The van der Waals surface area contributed by atoms with E-state index in [2.05, 4.69) is 39.5 Å². The van der Waals surface area contributed by atoms with Gasteiger partial charge in [-0.2, -0.15) is 0 Å². The molecule has 1 heteroatoms. The standard InChI is InChI=1S/C17H24O/c1-5-8-17(4)15(10(2)3)13-11-6-7-12(9-11)14(13)16(17)18/h5-7,10-15H,1,8-9H2,2-4H3/t11?,12?,13-,14+,15+,17-/m1/s1. The summed E-state index contributed by atoms with van der Waals surface area (Å²) in [7, 11) is 0. The molecule has 1 nitrogen and oxygen atoms in total. The van der Waals surface area contributed by atoms with Crippen molar-refractivity contribution in [1.82, 2.24) is 0 Å². The third-order valence-electron chi connectivity index (χ3n) is 5.82. The van der Waals surface area contributed by atoms with Gasteiger partial charge >= 0.3 is 0 Å². The lowest BCUT2D eigenvalue weighted by Crippen LogP contribution is -2.35. The molecule has 0 radical (unpaired) electrons. The smallest absolute Gasteiger partial charge is 0.143 e. The minimum atomic E-state index is -0.159. The molecule has 0 aromatic rings. The molecular weight excluding hydrogens is 220 g/mol. The molecule has 3 aliphatic rings. The van der Waals surface area contributed by atoms with Crippen LogP contribution in [0.1, 0.15) is 33.6 Å². The van der Waals surface area contributed by atoms with Crippen LogP contribution in [0.25, 0.3) is 0 Å². The molecule has 0 aromatic carbocycles. The molecule has 0 aliphatic heterocycles. The van der Waals surface area contributed by atoms with E-state index in [1.165, 1.54) is 6.42 Å². The van der Waals surface area contributed by atoms with Gasteiger partial charge in [0.25, 0.3) is 0 Å². The second-order valence-electron chi connectivity index (χ2n) is 7.10. The van der Waals surface area contributed by atoms with Crippen molar-refractivity contribution >= 4 is 5.78 Å². The average Bonchev–Trinajstić information content (AvgIpc) is 2.92. The highest BCUT2D eigenvalue weighted by Gasteiger charge is 2.64. The molecule has 18 heavy (non-hydrogen) atoms. The summed E-state index contributed by atoms with van der Waals surface area (Å²) in [5.74, 6) is 3.79. The minimum Gasteiger partial charge on any atom is -0.299 e. The van der Waals surface area contributed by atoms with Gasteiger partial charge in [-0.1, -0.05) is 39.0 Å². The Morgan fingerprint density at radius 2 is 2.11 bits per heavy atom. The summed E-state index contributed by atoms with van der Waals surface area (Å²) in [6.45, 7) is 10.6. The predicted octanol–water partition coefficient (Wildman–Crippen LogP) is 3.86. The van der Waals surface area contributed by atoms with Gasteiger partial charge in [0.15, 0.2) is 0 Å². The van der Waals surface area contributed by atoms with E-state index in [4.69, 9.17) is 0 Å². The third-order valence-corrected chi connectivity index (χ3v) is 5.82. The minimum absolute atomic E-state index is 0.159. The molecule has 2 bridgehead atoms. The highest BCUT2D eigenvalue weighted by Crippen LogP contribution is 2.64. The predicted molar refractivity (Wildman–Crippen MR) is 74.0 cm³/mol. The second-order valence-corrected chi connectivity index (χ2v) is 7.10. The number of fused-ring (bicyclic) bond motifs is 5. The molecule has 2 fully saturated rings. The van der Waals surface area contributed by atoms with E-state index in [0.717, 1.165) is 6.42 Å². The largest absolute Gasteiger partial charge is 0.299 e. The molecule has 0 saturated heterocycles. The van der Waals surface area contributed by atoms with Crippen molar-refractivity contribution in [2.75, 3.05) is 0 Å². The first kappa shape index (κ1) is 12.2. The number of rotatable bonds is 3. The second kappa shape index (κ2) is 3.82. The van der Waals surface area contributed by atoms with E-state index in [-0.39, 0.29) is 5.41 Å². The van der Waals surface area contributed by atoms with Crippen molar-refractivity contribution in [3.63, 3.8) is 0 Å². The zero-order valence-electron chi connectivity index (χ0n) is 11.7. The maximum Gasteiger partial charge on any atom is 0.143 e. The summed E-state index contributed by atoms with van der Waals surface area (Å²) in [4.78, 5) is 12.9. The van der Waals surface area contributed by atoms with Crippen molar-refractivity contribution in [1.29, 1.82) is 0 Å². The van der Waals surface area contributed by atoms with Gasteiger partial charge in [-0.3, -0.25) is 4.79 Å². The van der Waals surface area contributed by atoms with Crippen LogP contribution in [0.2, 0.25) is 0 Å². The molecule has 0 heterocycles. The van der Waals surface area contributed by atoms with Gasteiger partial charge in [-0.05, 0) is 42.4 Å². The van der Waals surface area contributed by atoms with E-state index in [0.29, 0.717) is 41.3 Å². The molecule has 3 aliphatic carbocycles. The van der Waals surface area contributed by atoms with Crippen LogP contribution in [-0.2, 0) is 4.79 Å². The number of carbonyl (C=O) groups is 1. The Morgan fingerprint density at radius 3 is 2.72 bits per heavy atom. The Hall–Kier alpha value is -0.850. The molecule has 6 atom stereocenters. The van der Waals surface area contributed by atoms with Gasteiger partial charge in [0, 0.05) is 11.3 Å². The van der Waals surface area contributed by atoms with Crippen LogP contribution in [-0.4, -0.2) is 5.78 Å². The van der Waals surface area contributed by atoms with Gasteiger partial charge in [0.1, 0.15) is 5.78 Å². The van der Waals surface area contributed by atoms with Crippen LogP contribution in [0.3, 0.4) is 0 Å². The molecule has 2 unspecified atom stereocenters. The first-order valence-electron chi connectivity index (χ1n) is 7.34. The lowest BCUT2D eigenvalue weighted by atomic mass is 9.67. The Labute approximate surface area is 110 Å². The number of ketones is 1. The summed E-state index contributed by atoms with van der Waals surface area (Å²) in [6, 6.07) is 0. The first-order valence-corrected chi connectivity index (χ1v) is 7.34. The van der Waals surface area contributed by atoms with Gasteiger partial charge < -0.3 is 0 Å². The van der Waals surface area contributed by atoms with Gasteiger partial charge in [-0.25, -0.2) is 0 Å². The summed E-state index contributed by atoms with van der Waals surface area (Å²) in [5.41, 5.74) is -0.159. The maximum absolute atomic E-state index is 12.9. The van der Waals surface area contributed by atoms with E-state index in [9.17, 15) is 4.79 Å². The molecule has 98 valence electrons. The van der Waals surface area contributed by atoms with E-state index in [1.807, 2.05) is 6.08 Å². The van der Waals surface area contributed by atoms with Gasteiger partial charge in [0.2, 0.25) is 0 Å². The Balaban J connectivity index is 2.04. The van der Waals surface area contributed by atoms with Crippen molar-refractivity contribution < 1.29 is 4.79 Å². The van der Waals surface area contributed by atoms with Crippen LogP contribution < -0.4 is 0 Å². The molecule has 0 spiro atoms. The summed E-state index contributed by atoms with van der Waals surface area (Å²) < 4.78 is 0. The monoisotopic (exact) mass is 244 g/mol. The summed E-state index contributed by atoms with van der Waals surface area (Å²) in [6.07, 6.45) is 8.72. The fraction of sp³-hybridized carbons (Fsp3) is 0.706. The maximum atomic E-state index is 12.9. The van der Waals surface area contributed by atoms with E-state index in [1.54, 1.807) is 0 Å². The van der Waals surface area contributed by atoms with Gasteiger partial charge in [0.05, 0.1) is 0 Å².